The number of ether oxygens (including phenoxy) is 1. The minimum Gasteiger partial charge on any atom is -0.508 e. The Bertz CT molecular complexity index is 1310. The van der Waals surface area contributed by atoms with Crippen molar-refractivity contribution in [2.75, 3.05) is 5.32 Å². The summed E-state index contributed by atoms with van der Waals surface area (Å²) >= 11 is 6.48. The molecule has 0 atom stereocenters. The second-order valence-corrected chi connectivity index (χ2v) is 8.71. The molecule has 4 rings (SSSR count). The predicted molar refractivity (Wildman–Crippen MR) is 126 cm³/mol. The molecule has 3 aromatic rings. The van der Waals surface area contributed by atoms with Crippen LogP contribution in [0.3, 0.4) is 0 Å². The first-order chi connectivity index (χ1) is 16.7. The van der Waals surface area contributed by atoms with Crippen LogP contribution < -0.4 is 10.1 Å². The number of carbonyl (C=O) groups excluding carboxylic acids is 1. The van der Waals surface area contributed by atoms with Crippen LogP contribution in [0.5, 0.6) is 17.2 Å². The molecule has 1 aliphatic rings. The van der Waals surface area contributed by atoms with E-state index in [0.29, 0.717) is 54.0 Å². The van der Waals surface area contributed by atoms with Gasteiger partial charge in [-0.3, -0.25) is 9.59 Å². The van der Waals surface area contributed by atoms with Crippen molar-refractivity contribution in [2.45, 2.75) is 38.5 Å². The molecule has 6 nitrogen and oxygen atoms in total. The normalized spacial score (nSPS) is 12.3. The minimum atomic E-state index is -1.22. The molecule has 9 heteroatoms. The Labute approximate surface area is 205 Å². The van der Waals surface area contributed by atoms with Gasteiger partial charge in [0.1, 0.15) is 23.7 Å². The zero-order chi connectivity index (χ0) is 25.1. The molecule has 0 bridgehead atoms. The second kappa shape index (κ2) is 10.3. The van der Waals surface area contributed by atoms with E-state index in [1.54, 1.807) is 18.2 Å². The lowest BCUT2D eigenvalue weighted by molar-refractivity contribution is -0.139. The average Bonchev–Trinajstić information content (AvgIpc) is 3.28. The van der Waals surface area contributed by atoms with Gasteiger partial charge in [0.05, 0.1) is 5.02 Å². The highest BCUT2D eigenvalue weighted by Crippen LogP contribution is 2.43. The van der Waals surface area contributed by atoms with Gasteiger partial charge < -0.3 is 20.3 Å². The summed E-state index contributed by atoms with van der Waals surface area (Å²) in [5.74, 6) is -2.78. The summed E-state index contributed by atoms with van der Waals surface area (Å²) in [6.07, 6.45) is 2.28. The zero-order valence-electron chi connectivity index (χ0n) is 18.5. The van der Waals surface area contributed by atoms with Crippen LogP contribution >= 0.6 is 11.6 Å². The van der Waals surface area contributed by atoms with Crippen LogP contribution in [0.2, 0.25) is 5.02 Å². The second-order valence-electron chi connectivity index (χ2n) is 8.31. The van der Waals surface area contributed by atoms with Gasteiger partial charge in [0.25, 0.3) is 0 Å². The smallest absolute Gasteiger partial charge is 0.312 e. The topological polar surface area (TPSA) is 95.9 Å². The third-order valence-corrected chi connectivity index (χ3v) is 6.11. The van der Waals surface area contributed by atoms with Crippen molar-refractivity contribution in [3.63, 3.8) is 0 Å². The number of aryl methyl sites for hydroxylation is 2. The van der Waals surface area contributed by atoms with E-state index in [2.05, 4.69) is 5.32 Å². The Hall–Kier alpha value is -3.65. The summed E-state index contributed by atoms with van der Waals surface area (Å²) in [5.41, 5.74) is 3.31. The Morgan fingerprint density at radius 3 is 2.51 bits per heavy atom. The van der Waals surface area contributed by atoms with Crippen molar-refractivity contribution < 1.29 is 33.3 Å². The lowest BCUT2D eigenvalue weighted by Crippen LogP contribution is -2.17. The molecule has 0 spiro atoms. The summed E-state index contributed by atoms with van der Waals surface area (Å²) in [6.45, 7) is 0. The van der Waals surface area contributed by atoms with Gasteiger partial charge in [0, 0.05) is 11.3 Å². The van der Waals surface area contributed by atoms with E-state index in [1.807, 2.05) is 0 Å². The number of hydrogen-bond acceptors (Lipinski definition) is 4. The number of aromatic hydroxyl groups is 1. The number of hydrogen-bond donors (Lipinski definition) is 3. The first-order valence-electron chi connectivity index (χ1n) is 11.0. The van der Waals surface area contributed by atoms with Gasteiger partial charge in [-0.05, 0) is 85.2 Å². The summed E-state index contributed by atoms with van der Waals surface area (Å²) in [5, 5.41) is 22.0. The Morgan fingerprint density at radius 1 is 1.00 bits per heavy atom. The van der Waals surface area contributed by atoms with Crippen molar-refractivity contribution in [2.24, 2.45) is 0 Å². The van der Waals surface area contributed by atoms with Gasteiger partial charge in [0.15, 0.2) is 11.6 Å². The number of phenolic OH excluding ortho intramolecular Hbond substituents is 1. The molecule has 35 heavy (non-hydrogen) atoms. The fourth-order valence-electron chi connectivity index (χ4n) is 4.19. The van der Waals surface area contributed by atoms with Crippen molar-refractivity contribution in [1.82, 2.24) is 0 Å². The summed E-state index contributed by atoms with van der Waals surface area (Å²) in [7, 11) is 0. The Balaban J connectivity index is 1.55. The largest absolute Gasteiger partial charge is 0.508 e. The molecule has 0 aliphatic heterocycles. The van der Waals surface area contributed by atoms with Crippen LogP contribution in [0.25, 0.3) is 0 Å². The minimum absolute atomic E-state index is 0.0488. The van der Waals surface area contributed by atoms with Crippen LogP contribution in [0.4, 0.5) is 14.5 Å². The number of anilines is 1. The van der Waals surface area contributed by atoms with E-state index >= 15 is 0 Å². The lowest BCUT2D eigenvalue weighted by Gasteiger charge is -2.17. The first-order valence-corrected chi connectivity index (χ1v) is 11.4. The fourth-order valence-corrected chi connectivity index (χ4v) is 4.45. The SMILES string of the molecule is O=C(O)CC(=O)Nc1cc(Cl)c(Oc2ccc(O)c(CCc3ccc(F)c(F)c3)c2)c2c1CCC2. The van der Waals surface area contributed by atoms with Crippen LogP contribution in [0.1, 0.15) is 35.1 Å². The van der Waals surface area contributed by atoms with E-state index in [0.717, 1.165) is 29.7 Å². The van der Waals surface area contributed by atoms with Crippen molar-refractivity contribution in [3.8, 4) is 17.2 Å². The Kier molecular flexibility index (Phi) is 7.21. The number of aliphatic carboxylic acids is 1. The van der Waals surface area contributed by atoms with Gasteiger partial charge >= 0.3 is 5.97 Å². The van der Waals surface area contributed by atoms with Gasteiger partial charge in [-0.25, -0.2) is 8.78 Å². The maximum absolute atomic E-state index is 13.5. The van der Waals surface area contributed by atoms with Crippen molar-refractivity contribution in [1.29, 1.82) is 0 Å². The zero-order valence-corrected chi connectivity index (χ0v) is 19.3. The molecular formula is C26H22ClF2NO5. The Morgan fingerprint density at radius 2 is 1.77 bits per heavy atom. The number of fused-ring (bicyclic) bond motifs is 1. The summed E-state index contributed by atoms with van der Waals surface area (Å²) in [6, 6.07) is 9.99. The molecule has 1 aliphatic carbocycles. The average molecular weight is 502 g/mol. The maximum Gasteiger partial charge on any atom is 0.312 e. The number of rotatable bonds is 8. The van der Waals surface area contributed by atoms with Crippen LogP contribution in [-0.4, -0.2) is 22.1 Å². The molecule has 0 unspecified atom stereocenters. The molecule has 3 N–H and O–H groups in total. The van der Waals surface area contributed by atoms with Crippen LogP contribution in [0, 0.1) is 11.6 Å². The van der Waals surface area contributed by atoms with Crippen LogP contribution in [0.15, 0.2) is 42.5 Å². The number of phenols is 1. The predicted octanol–water partition coefficient (Wildman–Crippen LogP) is 5.80. The van der Waals surface area contributed by atoms with E-state index < -0.39 is 29.9 Å². The number of nitrogens with one attached hydrogen (secondary N) is 1. The number of carbonyl (C=O) groups is 2. The highest BCUT2D eigenvalue weighted by Gasteiger charge is 2.24. The van der Waals surface area contributed by atoms with Crippen LogP contribution in [-0.2, 0) is 35.3 Å². The summed E-state index contributed by atoms with van der Waals surface area (Å²) < 4.78 is 32.7. The third kappa shape index (κ3) is 5.71. The molecule has 0 aromatic heterocycles. The van der Waals surface area contributed by atoms with Gasteiger partial charge in [-0.1, -0.05) is 17.7 Å². The van der Waals surface area contributed by atoms with E-state index in [4.69, 9.17) is 21.4 Å². The first kappa shape index (κ1) is 24.5. The van der Waals surface area contributed by atoms with E-state index in [-0.39, 0.29) is 10.8 Å². The highest BCUT2D eigenvalue weighted by molar-refractivity contribution is 6.32. The van der Waals surface area contributed by atoms with Gasteiger partial charge in [-0.15, -0.1) is 0 Å². The molecule has 0 fully saturated rings. The van der Waals surface area contributed by atoms with Gasteiger partial charge in [0.2, 0.25) is 5.91 Å². The monoisotopic (exact) mass is 501 g/mol. The molecule has 1 amide bonds. The molecule has 0 radical (unpaired) electrons. The number of halogens is 3. The number of amides is 1. The molecule has 182 valence electrons. The number of benzene rings is 3. The molecule has 0 saturated heterocycles. The third-order valence-electron chi connectivity index (χ3n) is 5.83. The standard InChI is InChI=1S/C26H22ClF2NO5/c27-19-12-22(30-24(32)13-25(33)34)17-2-1-3-18(17)26(19)35-16-7-9-23(31)15(11-16)6-4-14-5-8-20(28)21(29)10-14/h5,7-12,31H,1-4,6,13H2,(H,30,32)(H,33,34). The number of carboxylic acid groups (broad SMARTS) is 1. The van der Waals surface area contributed by atoms with E-state index in [1.165, 1.54) is 12.1 Å². The quantitative estimate of drug-likeness (QED) is 0.339. The summed E-state index contributed by atoms with van der Waals surface area (Å²) in [4.78, 5) is 22.8. The molecule has 0 heterocycles. The number of carboxylic acids is 1. The van der Waals surface area contributed by atoms with Crippen molar-refractivity contribution in [3.05, 3.63) is 81.4 Å². The molecular weight excluding hydrogens is 480 g/mol. The molecule has 3 aromatic carbocycles. The lowest BCUT2D eigenvalue weighted by atomic mass is 10.0. The van der Waals surface area contributed by atoms with Crippen molar-refractivity contribution >= 4 is 29.2 Å². The highest BCUT2D eigenvalue weighted by atomic mass is 35.5. The fraction of sp³-hybridized carbons (Fsp3) is 0.231. The van der Waals surface area contributed by atoms with Gasteiger partial charge in [-0.2, -0.15) is 0 Å². The maximum atomic E-state index is 13.5. The van der Waals surface area contributed by atoms with E-state index in [9.17, 15) is 23.5 Å². The molecule has 0 saturated carbocycles.